The minimum Gasteiger partial charge on any atom is -0.480 e. The number of thioether (sulfide) groups is 1. The van der Waals surface area contributed by atoms with Crippen LogP contribution in [0.5, 0.6) is 0 Å². The smallest absolute Gasteiger partial charge is 0.407 e. The Morgan fingerprint density at radius 2 is 1.77 bits per heavy atom. The van der Waals surface area contributed by atoms with E-state index in [9.17, 15) is 19.5 Å². The number of carboxylic acid groups (broad SMARTS) is 1. The van der Waals surface area contributed by atoms with Gasteiger partial charge >= 0.3 is 12.1 Å². The largest absolute Gasteiger partial charge is 0.480 e. The number of thiazole rings is 1. The van der Waals surface area contributed by atoms with Gasteiger partial charge in [0.05, 0.1) is 12.7 Å². The Morgan fingerprint density at radius 1 is 1.11 bits per heavy atom. The molecule has 0 saturated heterocycles. The summed E-state index contributed by atoms with van der Waals surface area (Å²) in [7, 11) is 0. The molecular formula is C25H25N3O5S2. The van der Waals surface area contributed by atoms with Crippen LogP contribution in [0, 0.1) is 0 Å². The first-order chi connectivity index (χ1) is 17.0. The van der Waals surface area contributed by atoms with Crippen LogP contribution < -0.4 is 10.6 Å². The van der Waals surface area contributed by atoms with Crippen molar-refractivity contribution >= 4 is 41.1 Å². The van der Waals surface area contributed by atoms with Crippen molar-refractivity contribution in [1.29, 1.82) is 0 Å². The predicted molar refractivity (Wildman–Crippen MR) is 136 cm³/mol. The maximum atomic E-state index is 12.4. The van der Waals surface area contributed by atoms with Crippen LogP contribution in [0.15, 0.2) is 54.7 Å². The third kappa shape index (κ3) is 5.83. The van der Waals surface area contributed by atoms with Crippen molar-refractivity contribution in [1.82, 2.24) is 15.6 Å². The van der Waals surface area contributed by atoms with E-state index in [0.29, 0.717) is 17.2 Å². The molecule has 1 aliphatic rings. The first-order valence-corrected chi connectivity index (χ1v) is 13.2. The molecule has 0 unspecified atom stereocenters. The molecule has 8 nitrogen and oxygen atoms in total. The summed E-state index contributed by atoms with van der Waals surface area (Å²) >= 11 is 2.61. The van der Waals surface area contributed by atoms with Crippen LogP contribution >= 0.6 is 23.1 Å². The van der Waals surface area contributed by atoms with E-state index in [1.807, 2.05) is 30.5 Å². The van der Waals surface area contributed by atoms with E-state index in [-0.39, 0.29) is 23.9 Å². The van der Waals surface area contributed by atoms with E-state index in [0.717, 1.165) is 33.6 Å². The molecule has 2 aromatic carbocycles. The highest BCUT2D eigenvalue weighted by Crippen LogP contribution is 2.44. The van der Waals surface area contributed by atoms with E-state index in [1.165, 1.54) is 18.0 Å². The molecule has 182 valence electrons. The number of fused-ring (bicyclic) bond motifs is 3. The van der Waals surface area contributed by atoms with Crippen molar-refractivity contribution in [3.05, 3.63) is 75.7 Å². The van der Waals surface area contributed by atoms with Crippen LogP contribution in [0.1, 0.15) is 38.1 Å². The van der Waals surface area contributed by atoms with Gasteiger partial charge in [-0.3, -0.25) is 4.79 Å². The molecule has 10 heteroatoms. The third-order valence-electron chi connectivity index (χ3n) is 5.72. The number of nitrogens with one attached hydrogen (secondary N) is 2. The molecule has 0 radical (unpaired) electrons. The monoisotopic (exact) mass is 511 g/mol. The second-order valence-electron chi connectivity index (χ2n) is 7.94. The second-order valence-corrected chi connectivity index (χ2v) is 10.0. The van der Waals surface area contributed by atoms with Crippen molar-refractivity contribution in [2.75, 3.05) is 18.6 Å². The molecule has 4 rings (SSSR count). The topological polar surface area (TPSA) is 118 Å². The summed E-state index contributed by atoms with van der Waals surface area (Å²) in [5, 5.41) is 15.0. The van der Waals surface area contributed by atoms with Gasteiger partial charge in [0.1, 0.15) is 22.5 Å². The van der Waals surface area contributed by atoms with Crippen molar-refractivity contribution in [3.8, 4) is 11.1 Å². The van der Waals surface area contributed by atoms with E-state index in [2.05, 4.69) is 39.9 Å². The number of aromatic nitrogens is 1. The lowest BCUT2D eigenvalue weighted by Gasteiger charge is -2.14. The zero-order valence-electron chi connectivity index (χ0n) is 19.0. The summed E-state index contributed by atoms with van der Waals surface area (Å²) in [6.07, 6.45) is 3.01. The Labute approximate surface area is 211 Å². The van der Waals surface area contributed by atoms with Crippen LogP contribution in [0.2, 0.25) is 0 Å². The summed E-state index contributed by atoms with van der Waals surface area (Å²) in [6.45, 7) is 0.307. The molecule has 0 aliphatic heterocycles. The van der Waals surface area contributed by atoms with E-state index in [1.54, 1.807) is 0 Å². The molecule has 0 fully saturated rings. The lowest BCUT2D eigenvalue weighted by Crippen LogP contribution is -2.40. The van der Waals surface area contributed by atoms with Crippen molar-refractivity contribution in [2.45, 2.75) is 24.9 Å². The molecule has 0 bridgehead atoms. The first kappa shape index (κ1) is 24.7. The number of nitrogens with zero attached hydrogens (tertiary/aromatic N) is 1. The van der Waals surface area contributed by atoms with Crippen LogP contribution in [-0.4, -0.2) is 52.7 Å². The molecule has 35 heavy (non-hydrogen) atoms. The fourth-order valence-electron chi connectivity index (χ4n) is 4.02. The van der Waals surface area contributed by atoms with Gasteiger partial charge in [-0.05, 0) is 40.7 Å². The van der Waals surface area contributed by atoms with Crippen LogP contribution in [0.25, 0.3) is 11.1 Å². The minimum absolute atomic E-state index is 0.0309. The van der Waals surface area contributed by atoms with Gasteiger partial charge in [0.2, 0.25) is 0 Å². The van der Waals surface area contributed by atoms with Gasteiger partial charge in [0, 0.05) is 5.92 Å². The number of aliphatic carboxylic acids is 1. The second kappa shape index (κ2) is 11.4. The molecule has 3 N–H and O–H groups in total. The quantitative estimate of drug-likeness (QED) is 0.375. The number of hydrogen-bond acceptors (Lipinski definition) is 7. The van der Waals surface area contributed by atoms with Gasteiger partial charge in [0.15, 0.2) is 0 Å². The molecule has 1 heterocycles. The van der Waals surface area contributed by atoms with Crippen molar-refractivity contribution in [2.24, 2.45) is 0 Å². The average Bonchev–Trinajstić information content (AvgIpc) is 3.47. The molecule has 0 saturated carbocycles. The highest BCUT2D eigenvalue weighted by Gasteiger charge is 2.29. The fourth-order valence-corrected chi connectivity index (χ4v) is 5.25. The Balaban J connectivity index is 1.29. The van der Waals surface area contributed by atoms with Gasteiger partial charge in [-0.2, -0.15) is 11.8 Å². The molecule has 2 amide bonds. The Kier molecular flexibility index (Phi) is 8.04. The van der Waals surface area contributed by atoms with Crippen molar-refractivity contribution in [3.63, 3.8) is 0 Å². The average molecular weight is 512 g/mol. The number of carbonyl (C=O) groups excluding carboxylic acids is 2. The summed E-state index contributed by atoms with van der Waals surface area (Å²) in [5.41, 5.74) is 4.58. The number of alkyl carbamates (subject to hydrolysis) is 1. The molecule has 1 atom stereocenters. The zero-order chi connectivity index (χ0) is 24.8. The number of hydrogen-bond donors (Lipinski definition) is 3. The van der Waals surface area contributed by atoms with Crippen molar-refractivity contribution < 1.29 is 24.2 Å². The highest BCUT2D eigenvalue weighted by atomic mass is 32.2. The maximum absolute atomic E-state index is 12.4. The normalized spacial score (nSPS) is 12.9. The Morgan fingerprint density at radius 3 is 2.40 bits per heavy atom. The van der Waals surface area contributed by atoms with Gasteiger partial charge in [-0.25, -0.2) is 14.6 Å². The Bertz CT molecular complexity index is 1180. The lowest BCUT2D eigenvalue weighted by atomic mass is 9.98. The molecule has 1 aromatic heterocycles. The summed E-state index contributed by atoms with van der Waals surface area (Å²) in [4.78, 5) is 40.5. The number of ether oxygens (including phenoxy) is 1. The van der Waals surface area contributed by atoms with Gasteiger partial charge in [0.25, 0.3) is 5.91 Å². The van der Waals surface area contributed by atoms with E-state index in [4.69, 9.17) is 4.74 Å². The van der Waals surface area contributed by atoms with E-state index < -0.39 is 24.0 Å². The molecular weight excluding hydrogens is 486 g/mol. The number of carbonyl (C=O) groups is 3. The molecule has 0 spiro atoms. The van der Waals surface area contributed by atoms with Gasteiger partial charge in [-0.15, -0.1) is 11.3 Å². The number of rotatable bonds is 10. The lowest BCUT2D eigenvalue weighted by molar-refractivity contribution is -0.139. The van der Waals surface area contributed by atoms with Crippen LogP contribution in [-0.2, 0) is 16.1 Å². The number of benzene rings is 2. The summed E-state index contributed by atoms with van der Waals surface area (Å²) < 4.78 is 5.51. The van der Waals surface area contributed by atoms with Crippen LogP contribution in [0.3, 0.4) is 0 Å². The highest BCUT2D eigenvalue weighted by molar-refractivity contribution is 7.98. The fraction of sp³-hybridized carbons (Fsp3) is 0.280. The Hall–Kier alpha value is -3.37. The third-order valence-corrected chi connectivity index (χ3v) is 7.36. The van der Waals surface area contributed by atoms with Gasteiger partial charge in [-0.1, -0.05) is 48.5 Å². The minimum atomic E-state index is -1.07. The SMILES string of the molecule is CSCC[C@H](NC(=O)c1cnc(CNC(=O)OCC2c3ccccc3-c3ccccc32)s1)C(=O)O. The van der Waals surface area contributed by atoms with Gasteiger partial charge < -0.3 is 20.5 Å². The molecule has 1 aliphatic carbocycles. The first-order valence-electron chi connectivity index (χ1n) is 11.0. The number of amides is 2. The number of carboxylic acids is 1. The van der Waals surface area contributed by atoms with Crippen LogP contribution in [0.4, 0.5) is 4.79 Å². The zero-order valence-corrected chi connectivity index (χ0v) is 20.7. The predicted octanol–water partition coefficient (Wildman–Crippen LogP) is 4.12. The standard InChI is InChI=1S/C25H25N3O5S2/c1-34-11-10-20(24(30)31)28-23(29)21-12-26-22(35-21)13-27-25(32)33-14-19-17-8-4-2-6-15(17)16-7-3-5-9-18(16)19/h2-9,12,19-20H,10-11,13-14H2,1H3,(H,27,32)(H,28,29)(H,30,31)/t20-/m0/s1. The molecule has 3 aromatic rings. The summed E-state index contributed by atoms with van der Waals surface area (Å²) in [6, 6.07) is 15.3. The van der Waals surface area contributed by atoms with E-state index >= 15 is 0 Å². The summed E-state index contributed by atoms with van der Waals surface area (Å²) in [5.74, 6) is -0.982. The maximum Gasteiger partial charge on any atom is 0.407 e.